The number of hydrogen-bond acceptors (Lipinski definition) is 2. The second-order valence-corrected chi connectivity index (χ2v) is 3.92. The molecule has 0 spiro atoms. The highest BCUT2D eigenvalue weighted by Gasteiger charge is 2.18. The van der Waals surface area contributed by atoms with E-state index in [2.05, 4.69) is 0 Å². The molecule has 0 atom stereocenters. The van der Waals surface area contributed by atoms with Crippen molar-refractivity contribution in [1.82, 2.24) is 0 Å². The van der Waals surface area contributed by atoms with Gasteiger partial charge < -0.3 is 9.90 Å². The van der Waals surface area contributed by atoms with Crippen molar-refractivity contribution in [3.05, 3.63) is 35.4 Å². The summed E-state index contributed by atoms with van der Waals surface area (Å²) in [6.07, 6.45) is 2.11. The standard InChI is InChI=1S/C12H16O2/c1-12(2,14)11-8-4-3-6-10(11)7-5-9-13/h3-4,6,8-9,14H,5,7H2,1-2H3. The Balaban J connectivity index is 2.97. The maximum absolute atomic E-state index is 10.3. The maximum Gasteiger partial charge on any atom is 0.120 e. The van der Waals surface area contributed by atoms with Crippen molar-refractivity contribution < 1.29 is 9.90 Å². The van der Waals surface area contributed by atoms with E-state index in [4.69, 9.17) is 0 Å². The summed E-state index contributed by atoms with van der Waals surface area (Å²) in [4.78, 5) is 10.3. The van der Waals surface area contributed by atoms with E-state index in [-0.39, 0.29) is 0 Å². The molecule has 0 saturated carbocycles. The summed E-state index contributed by atoms with van der Waals surface area (Å²) in [5, 5.41) is 9.88. The lowest BCUT2D eigenvalue weighted by atomic mass is 9.91. The van der Waals surface area contributed by atoms with Gasteiger partial charge in [0, 0.05) is 6.42 Å². The third-order valence-electron chi connectivity index (χ3n) is 2.21. The lowest BCUT2D eigenvalue weighted by molar-refractivity contribution is -0.107. The van der Waals surface area contributed by atoms with Crippen molar-refractivity contribution in [2.75, 3.05) is 0 Å². The molecule has 0 radical (unpaired) electrons. The molecular weight excluding hydrogens is 176 g/mol. The SMILES string of the molecule is CC(C)(O)c1ccccc1CCC=O. The van der Waals surface area contributed by atoms with E-state index >= 15 is 0 Å². The smallest absolute Gasteiger partial charge is 0.120 e. The third kappa shape index (κ3) is 2.67. The number of benzene rings is 1. The normalized spacial score (nSPS) is 11.4. The van der Waals surface area contributed by atoms with Crippen LogP contribution in [0.1, 0.15) is 31.4 Å². The fourth-order valence-corrected chi connectivity index (χ4v) is 1.55. The number of hydrogen-bond donors (Lipinski definition) is 1. The highest BCUT2D eigenvalue weighted by Crippen LogP contribution is 2.24. The minimum absolute atomic E-state index is 0.507. The average Bonchev–Trinajstić information content (AvgIpc) is 2.14. The van der Waals surface area contributed by atoms with Gasteiger partial charge in [-0.3, -0.25) is 0 Å². The molecule has 0 aliphatic rings. The molecule has 0 aromatic heterocycles. The largest absolute Gasteiger partial charge is 0.386 e. The van der Waals surface area contributed by atoms with Gasteiger partial charge in [-0.15, -0.1) is 0 Å². The molecule has 0 fully saturated rings. The molecule has 0 heterocycles. The van der Waals surface area contributed by atoms with Gasteiger partial charge in [0.1, 0.15) is 6.29 Å². The minimum Gasteiger partial charge on any atom is -0.386 e. The van der Waals surface area contributed by atoms with Crippen molar-refractivity contribution in [2.45, 2.75) is 32.3 Å². The van der Waals surface area contributed by atoms with Crippen LogP contribution in [0.15, 0.2) is 24.3 Å². The van der Waals surface area contributed by atoms with Gasteiger partial charge in [0.25, 0.3) is 0 Å². The lowest BCUT2D eigenvalue weighted by Crippen LogP contribution is -2.17. The molecule has 0 aliphatic carbocycles. The molecule has 1 rings (SSSR count). The second kappa shape index (κ2) is 4.38. The van der Waals surface area contributed by atoms with E-state index in [9.17, 15) is 9.90 Å². The third-order valence-corrected chi connectivity index (χ3v) is 2.21. The number of aryl methyl sites for hydroxylation is 1. The monoisotopic (exact) mass is 192 g/mol. The first-order valence-corrected chi connectivity index (χ1v) is 4.80. The van der Waals surface area contributed by atoms with Crippen molar-refractivity contribution in [2.24, 2.45) is 0 Å². The molecule has 0 unspecified atom stereocenters. The molecule has 0 amide bonds. The minimum atomic E-state index is -0.834. The Morgan fingerprint density at radius 1 is 1.36 bits per heavy atom. The molecule has 0 aliphatic heterocycles. The summed E-state index contributed by atoms with van der Waals surface area (Å²) in [7, 11) is 0. The van der Waals surface area contributed by atoms with E-state index in [0.29, 0.717) is 12.8 Å². The van der Waals surface area contributed by atoms with E-state index in [1.807, 2.05) is 24.3 Å². The van der Waals surface area contributed by atoms with Crippen LogP contribution < -0.4 is 0 Å². The molecule has 1 N–H and O–H groups in total. The van der Waals surface area contributed by atoms with Crippen LogP contribution >= 0.6 is 0 Å². The van der Waals surface area contributed by atoms with E-state index in [1.54, 1.807) is 13.8 Å². The van der Waals surface area contributed by atoms with Crippen molar-refractivity contribution in [1.29, 1.82) is 0 Å². The summed E-state index contributed by atoms with van der Waals surface area (Å²) in [5.74, 6) is 0. The Bertz CT molecular complexity index is 310. The molecular formula is C12H16O2. The van der Waals surface area contributed by atoms with Crippen molar-refractivity contribution in [3.63, 3.8) is 0 Å². The fraction of sp³-hybridized carbons (Fsp3) is 0.417. The second-order valence-electron chi connectivity index (χ2n) is 3.92. The van der Waals surface area contributed by atoms with Gasteiger partial charge >= 0.3 is 0 Å². The van der Waals surface area contributed by atoms with Crippen LogP contribution in [0.2, 0.25) is 0 Å². The van der Waals surface area contributed by atoms with E-state index < -0.39 is 5.60 Å². The fourth-order valence-electron chi connectivity index (χ4n) is 1.55. The number of carbonyl (C=O) groups excluding carboxylic acids is 1. The summed E-state index contributed by atoms with van der Waals surface area (Å²) in [6.45, 7) is 3.51. The maximum atomic E-state index is 10.3. The van der Waals surface area contributed by atoms with Crippen LogP contribution in [0.5, 0.6) is 0 Å². The zero-order valence-electron chi connectivity index (χ0n) is 8.66. The first kappa shape index (κ1) is 10.9. The highest BCUT2D eigenvalue weighted by molar-refractivity contribution is 5.50. The number of rotatable bonds is 4. The molecule has 14 heavy (non-hydrogen) atoms. The average molecular weight is 192 g/mol. The first-order chi connectivity index (χ1) is 6.55. The number of aliphatic hydroxyl groups is 1. The Labute approximate surface area is 84.6 Å². The van der Waals surface area contributed by atoms with E-state index in [1.165, 1.54) is 0 Å². The molecule has 2 heteroatoms. The van der Waals surface area contributed by atoms with Crippen LogP contribution in [0.25, 0.3) is 0 Å². The molecule has 0 bridgehead atoms. The first-order valence-electron chi connectivity index (χ1n) is 4.80. The lowest BCUT2D eigenvalue weighted by Gasteiger charge is -2.21. The van der Waals surface area contributed by atoms with Crippen molar-refractivity contribution in [3.8, 4) is 0 Å². The topological polar surface area (TPSA) is 37.3 Å². The Kier molecular flexibility index (Phi) is 3.42. The van der Waals surface area contributed by atoms with Gasteiger partial charge in [-0.25, -0.2) is 0 Å². The Morgan fingerprint density at radius 2 is 2.00 bits per heavy atom. The van der Waals surface area contributed by atoms with Crippen LogP contribution in [0.3, 0.4) is 0 Å². The van der Waals surface area contributed by atoms with Gasteiger partial charge in [-0.05, 0) is 31.4 Å². The number of aldehydes is 1. The predicted molar refractivity (Wildman–Crippen MR) is 56.1 cm³/mol. The summed E-state index contributed by atoms with van der Waals surface area (Å²) in [5.41, 5.74) is 1.12. The van der Waals surface area contributed by atoms with Gasteiger partial charge in [0.2, 0.25) is 0 Å². The van der Waals surface area contributed by atoms with Crippen LogP contribution in [-0.4, -0.2) is 11.4 Å². The predicted octanol–water partition coefficient (Wildman–Crippen LogP) is 2.05. The van der Waals surface area contributed by atoms with E-state index in [0.717, 1.165) is 17.4 Å². The van der Waals surface area contributed by atoms with Crippen molar-refractivity contribution >= 4 is 6.29 Å². The van der Waals surface area contributed by atoms with Gasteiger partial charge in [0.15, 0.2) is 0 Å². The Hall–Kier alpha value is -1.15. The molecule has 1 aromatic rings. The van der Waals surface area contributed by atoms with Gasteiger partial charge in [-0.2, -0.15) is 0 Å². The molecule has 76 valence electrons. The Morgan fingerprint density at radius 3 is 2.57 bits per heavy atom. The van der Waals surface area contributed by atoms with Gasteiger partial charge in [-0.1, -0.05) is 24.3 Å². The quantitative estimate of drug-likeness (QED) is 0.741. The van der Waals surface area contributed by atoms with Crippen LogP contribution in [0, 0.1) is 0 Å². The van der Waals surface area contributed by atoms with Crippen LogP contribution in [0.4, 0.5) is 0 Å². The zero-order valence-corrected chi connectivity index (χ0v) is 8.66. The summed E-state index contributed by atoms with van der Waals surface area (Å²) < 4.78 is 0. The number of carbonyl (C=O) groups is 1. The highest BCUT2D eigenvalue weighted by atomic mass is 16.3. The van der Waals surface area contributed by atoms with Gasteiger partial charge in [0.05, 0.1) is 5.60 Å². The molecule has 2 nitrogen and oxygen atoms in total. The zero-order chi connectivity index (χ0) is 10.6. The summed E-state index contributed by atoms with van der Waals surface area (Å²) in [6, 6.07) is 7.68. The van der Waals surface area contributed by atoms with Crippen LogP contribution in [-0.2, 0) is 16.8 Å². The molecule has 0 saturated heterocycles. The molecule has 1 aromatic carbocycles. The summed E-state index contributed by atoms with van der Waals surface area (Å²) >= 11 is 0.